The number of hydrogen-bond donors (Lipinski definition) is 3. The first-order chi connectivity index (χ1) is 27.1. The number of ketones is 1. The summed E-state index contributed by atoms with van der Waals surface area (Å²) < 4.78 is 26.3. The van der Waals surface area contributed by atoms with E-state index in [1.54, 1.807) is 12.2 Å². The van der Waals surface area contributed by atoms with E-state index < -0.39 is 38.6 Å². The molecule has 0 saturated heterocycles. The third-order valence-electron chi connectivity index (χ3n) is 9.13. The van der Waals surface area contributed by atoms with Gasteiger partial charge in [-0.25, -0.2) is 4.57 Å². The summed E-state index contributed by atoms with van der Waals surface area (Å²) in [6, 6.07) is 0. The van der Waals surface area contributed by atoms with Gasteiger partial charge in [-0.05, 0) is 89.0 Å². The summed E-state index contributed by atoms with van der Waals surface area (Å²) in [6.45, 7) is 3.35. The van der Waals surface area contributed by atoms with Crippen LogP contribution in [0.25, 0.3) is 0 Å². The Bertz CT molecular complexity index is 1320. The standard InChI is InChI=1S/C45H71O10P/c1-3-5-7-8-9-10-11-12-13-14-15-16-17-18-19-20-21-22-28-32-45(49)55-41(38-54-56(50,51)52)37-53-44(48)31-27-24-23-26-29-39-33-36-43(47)42(39)35-34-40(46)30-25-6-4-2/h9-10,12-13,15-16,18-19,23,26,33-36,39-42,46H,3-8,11,14,17,20-22,24-25,27-32,37-38H2,1-2H3,(H2,50,51,52)/b10-9-,13-12-,16-15-,19-18-,26-23-,35-34+/t39-,40-,41+,42+/m0/s1. The van der Waals surface area contributed by atoms with Gasteiger partial charge in [-0.3, -0.25) is 18.9 Å². The van der Waals surface area contributed by atoms with Gasteiger partial charge in [0.15, 0.2) is 11.9 Å². The molecule has 0 spiro atoms. The van der Waals surface area contributed by atoms with E-state index in [4.69, 9.17) is 19.3 Å². The molecule has 0 radical (unpaired) electrons. The Morgan fingerprint density at radius 1 is 0.732 bits per heavy atom. The molecule has 10 nitrogen and oxygen atoms in total. The number of phosphoric acid groups is 1. The molecule has 0 bridgehead atoms. The molecule has 316 valence electrons. The highest BCUT2D eigenvalue weighted by atomic mass is 31.2. The number of carbonyl (C=O) groups excluding carboxylic acids is 3. The van der Waals surface area contributed by atoms with Gasteiger partial charge in [0.25, 0.3) is 0 Å². The molecule has 4 atom stereocenters. The number of ether oxygens (including phenoxy) is 2. The quantitative estimate of drug-likeness (QED) is 0.0248. The molecule has 0 heterocycles. The van der Waals surface area contributed by atoms with Crippen LogP contribution in [0.3, 0.4) is 0 Å². The zero-order chi connectivity index (χ0) is 41.1. The molecule has 0 aromatic carbocycles. The van der Waals surface area contributed by atoms with Crippen LogP contribution >= 0.6 is 7.82 Å². The highest BCUT2D eigenvalue weighted by Crippen LogP contribution is 2.36. The second-order valence-electron chi connectivity index (χ2n) is 14.3. The van der Waals surface area contributed by atoms with Crippen molar-refractivity contribution in [3.05, 3.63) is 85.1 Å². The Balaban J connectivity index is 2.28. The molecule has 56 heavy (non-hydrogen) atoms. The third-order valence-corrected chi connectivity index (χ3v) is 9.62. The van der Waals surface area contributed by atoms with Gasteiger partial charge >= 0.3 is 19.8 Å². The first-order valence-electron chi connectivity index (χ1n) is 20.9. The lowest BCUT2D eigenvalue weighted by Gasteiger charge is -2.18. The molecule has 0 saturated carbocycles. The van der Waals surface area contributed by atoms with Gasteiger partial charge in [0, 0.05) is 18.8 Å². The molecule has 0 aliphatic heterocycles. The summed E-state index contributed by atoms with van der Waals surface area (Å²) >= 11 is 0. The Kier molecular flexibility index (Phi) is 30.8. The number of unbranched alkanes of at least 4 members (excludes halogenated alkanes) is 9. The van der Waals surface area contributed by atoms with Crippen LogP contribution in [-0.2, 0) is 32.9 Å². The molecule has 0 aromatic heterocycles. The van der Waals surface area contributed by atoms with Gasteiger partial charge in [-0.15, -0.1) is 0 Å². The SMILES string of the molecule is CCCCC/C=C\C/C=C\C/C=C\C/C=C\CCCCCC(=O)O[C@H](COC(=O)CCC/C=C\C[C@H]1C=CC(=O)[C@@H]1/C=C/[C@@H](O)CCCCC)COP(=O)(O)O. The minimum atomic E-state index is -4.82. The Labute approximate surface area is 337 Å². The van der Waals surface area contributed by atoms with Crippen molar-refractivity contribution in [2.24, 2.45) is 11.8 Å². The molecule has 1 aliphatic carbocycles. The van der Waals surface area contributed by atoms with E-state index in [2.05, 4.69) is 67.0 Å². The summed E-state index contributed by atoms with van der Waals surface area (Å²) in [4.78, 5) is 55.3. The van der Waals surface area contributed by atoms with Crippen molar-refractivity contribution < 1.29 is 47.8 Å². The van der Waals surface area contributed by atoms with E-state index in [9.17, 15) is 24.1 Å². The topological polar surface area (TPSA) is 157 Å². The number of rotatable bonds is 34. The Morgan fingerprint density at radius 2 is 1.30 bits per heavy atom. The van der Waals surface area contributed by atoms with E-state index in [1.165, 1.54) is 25.7 Å². The highest BCUT2D eigenvalue weighted by molar-refractivity contribution is 7.46. The number of hydrogen-bond acceptors (Lipinski definition) is 8. The Morgan fingerprint density at radius 3 is 1.95 bits per heavy atom. The van der Waals surface area contributed by atoms with Crippen LogP contribution in [0.5, 0.6) is 0 Å². The highest BCUT2D eigenvalue weighted by Gasteiger charge is 2.27. The van der Waals surface area contributed by atoms with Crippen LogP contribution in [0, 0.1) is 11.8 Å². The van der Waals surface area contributed by atoms with E-state index in [0.717, 1.165) is 57.8 Å². The van der Waals surface area contributed by atoms with Gasteiger partial charge in [0.1, 0.15) is 6.61 Å². The lowest BCUT2D eigenvalue weighted by Crippen LogP contribution is -2.29. The first kappa shape index (κ1) is 50.9. The third kappa shape index (κ3) is 30.1. The summed E-state index contributed by atoms with van der Waals surface area (Å²) in [5, 5.41) is 10.2. The fraction of sp³-hybridized carbons (Fsp3) is 0.622. The lowest BCUT2D eigenvalue weighted by molar-refractivity contribution is -0.161. The van der Waals surface area contributed by atoms with Crippen molar-refractivity contribution in [3.8, 4) is 0 Å². The predicted molar refractivity (Wildman–Crippen MR) is 224 cm³/mol. The number of aliphatic hydroxyl groups is 1. The number of aliphatic hydroxyl groups excluding tert-OH is 1. The smallest absolute Gasteiger partial charge is 0.462 e. The minimum absolute atomic E-state index is 0.0218. The number of allylic oxidation sites excluding steroid dienone is 13. The van der Waals surface area contributed by atoms with Gasteiger partial charge < -0.3 is 24.4 Å². The van der Waals surface area contributed by atoms with Crippen LogP contribution < -0.4 is 0 Å². The van der Waals surface area contributed by atoms with Crippen molar-refractivity contribution in [1.29, 1.82) is 0 Å². The number of esters is 2. The van der Waals surface area contributed by atoms with E-state index in [-0.39, 0.29) is 37.1 Å². The molecule has 1 aliphatic rings. The predicted octanol–water partition coefficient (Wildman–Crippen LogP) is 10.5. The maximum absolute atomic E-state index is 12.4. The average molecular weight is 803 g/mol. The normalized spacial score (nSPS) is 17.6. The van der Waals surface area contributed by atoms with E-state index >= 15 is 0 Å². The van der Waals surface area contributed by atoms with E-state index in [0.29, 0.717) is 32.1 Å². The fourth-order valence-corrected chi connectivity index (χ4v) is 6.24. The molecule has 0 aromatic rings. The van der Waals surface area contributed by atoms with Gasteiger partial charge in [0.05, 0.1) is 12.7 Å². The summed E-state index contributed by atoms with van der Waals surface area (Å²) in [5.74, 6) is -1.31. The van der Waals surface area contributed by atoms with Crippen molar-refractivity contribution in [1.82, 2.24) is 0 Å². The van der Waals surface area contributed by atoms with Crippen molar-refractivity contribution in [2.45, 2.75) is 154 Å². The molecule has 1 rings (SSSR count). The second kappa shape index (κ2) is 33.9. The Hall–Kier alpha value is -3.14. The van der Waals surface area contributed by atoms with Crippen LogP contribution in [0.1, 0.15) is 142 Å². The largest absolute Gasteiger partial charge is 0.469 e. The maximum atomic E-state index is 12.4. The summed E-state index contributed by atoms with van der Waals surface area (Å²) in [6.07, 6.45) is 43.6. The molecular weight excluding hydrogens is 731 g/mol. The zero-order valence-corrected chi connectivity index (χ0v) is 35.0. The molecule has 0 amide bonds. The number of phosphoric ester groups is 1. The molecular formula is C45H71O10P. The fourth-order valence-electron chi connectivity index (χ4n) is 5.87. The van der Waals surface area contributed by atoms with Crippen LogP contribution in [0.2, 0.25) is 0 Å². The number of carbonyl (C=O) groups is 3. The van der Waals surface area contributed by atoms with Gasteiger partial charge in [0.2, 0.25) is 0 Å². The summed E-state index contributed by atoms with van der Waals surface area (Å²) in [7, 11) is -4.82. The van der Waals surface area contributed by atoms with Gasteiger partial charge in [-0.2, -0.15) is 0 Å². The van der Waals surface area contributed by atoms with Crippen LogP contribution in [0.4, 0.5) is 0 Å². The van der Waals surface area contributed by atoms with Crippen molar-refractivity contribution in [3.63, 3.8) is 0 Å². The first-order valence-corrected chi connectivity index (χ1v) is 22.5. The van der Waals surface area contributed by atoms with E-state index in [1.807, 2.05) is 24.3 Å². The second-order valence-corrected chi connectivity index (χ2v) is 15.5. The minimum Gasteiger partial charge on any atom is -0.462 e. The lowest BCUT2D eigenvalue weighted by atomic mass is 9.90. The van der Waals surface area contributed by atoms with Crippen molar-refractivity contribution >= 4 is 25.5 Å². The average Bonchev–Trinajstić information content (AvgIpc) is 3.52. The molecule has 3 N–H and O–H groups in total. The molecule has 11 heteroatoms. The van der Waals surface area contributed by atoms with Gasteiger partial charge in [-0.1, -0.05) is 131 Å². The van der Waals surface area contributed by atoms with Crippen LogP contribution in [-0.4, -0.2) is 58.0 Å². The summed E-state index contributed by atoms with van der Waals surface area (Å²) in [5.41, 5.74) is 0. The molecule has 0 fully saturated rings. The van der Waals surface area contributed by atoms with Crippen LogP contribution in [0.15, 0.2) is 85.1 Å². The zero-order valence-electron chi connectivity index (χ0n) is 34.1. The maximum Gasteiger partial charge on any atom is 0.469 e. The van der Waals surface area contributed by atoms with Crippen molar-refractivity contribution in [2.75, 3.05) is 13.2 Å². The monoisotopic (exact) mass is 802 g/mol. The molecule has 0 unspecified atom stereocenters.